The van der Waals surface area contributed by atoms with Gasteiger partial charge in [-0.1, -0.05) is 32.9 Å². The van der Waals surface area contributed by atoms with E-state index < -0.39 is 5.60 Å². The molecular weight excluding hydrogens is 266 g/mol. The molecule has 2 rings (SSSR count). The van der Waals surface area contributed by atoms with E-state index in [1.54, 1.807) is 0 Å². The van der Waals surface area contributed by atoms with Crippen molar-refractivity contribution in [2.45, 2.75) is 51.0 Å². The maximum absolute atomic E-state index is 11.7. The van der Waals surface area contributed by atoms with Crippen molar-refractivity contribution in [1.82, 2.24) is 5.32 Å². The van der Waals surface area contributed by atoms with Gasteiger partial charge in [0.05, 0.1) is 5.60 Å². The second-order valence-corrected chi connectivity index (χ2v) is 6.92. The maximum Gasteiger partial charge on any atom is 0.258 e. The van der Waals surface area contributed by atoms with E-state index in [0.29, 0.717) is 12.3 Å². The number of carbonyl (C=O) groups is 1. The second kappa shape index (κ2) is 6.06. The summed E-state index contributed by atoms with van der Waals surface area (Å²) in [6.45, 7) is 6.76. The van der Waals surface area contributed by atoms with Crippen LogP contribution in [0.2, 0.25) is 0 Å². The van der Waals surface area contributed by atoms with Crippen molar-refractivity contribution in [2.75, 3.05) is 13.2 Å². The molecule has 1 aliphatic rings. The fourth-order valence-corrected chi connectivity index (χ4v) is 2.28. The monoisotopic (exact) mass is 291 g/mol. The van der Waals surface area contributed by atoms with E-state index in [0.717, 1.165) is 19.3 Å². The first-order chi connectivity index (χ1) is 9.78. The summed E-state index contributed by atoms with van der Waals surface area (Å²) < 4.78 is 5.46. The molecule has 1 aromatic carbocycles. The number of ether oxygens (including phenoxy) is 1. The quantitative estimate of drug-likeness (QED) is 0.876. The molecule has 1 fully saturated rings. The van der Waals surface area contributed by atoms with Gasteiger partial charge in [0.15, 0.2) is 6.61 Å². The summed E-state index contributed by atoms with van der Waals surface area (Å²) in [5.41, 5.74) is 0.643. The average molecular weight is 291 g/mol. The predicted octanol–water partition coefficient (Wildman–Crippen LogP) is 2.39. The largest absolute Gasteiger partial charge is 0.484 e. The van der Waals surface area contributed by atoms with Gasteiger partial charge in [-0.3, -0.25) is 4.79 Å². The molecule has 1 aromatic rings. The van der Waals surface area contributed by atoms with Gasteiger partial charge in [-0.25, -0.2) is 0 Å². The zero-order valence-electron chi connectivity index (χ0n) is 13.1. The van der Waals surface area contributed by atoms with Gasteiger partial charge >= 0.3 is 0 Å². The Balaban J connectivity index is 1.76. The molecule has 1 aliphatic carbocycles. The van der Waals surface area contributed by atoms with Gasteiger partial charge in [-0.2, -0.15) is 0 Å². The molecule has 21 heavy (non-hydrogen) atoms. The van der Waals surface area contributed by atoms with Crippen molar-refractivity contribution in [3.63, 3.8) is 0 Å². The van der Waals surface area contributed by atoms with Gasteiger partial charge in [0.1, 0.15) is 5.75 Å². The van der Waals surface area contributed by atoms with Crippen LogP contribution in [0.5, 0.6) is 5.75 Å². The molecular formula is C17H25NO3. The number of rotatable bonds is 5. The van der Waals surface area contributed by atoms with E-state index in [9.17, 15) is 9.90 Å². The van der Waals surface area contributed by atoms with Gasteiger partial charge in [0.25, 0.3) is 5.91 Å². The molecule has 0 bridgehead atoms. The highest BCUT2D eigenvalue weighted by molar-refractivity contribution is 5.77. The van der Waals surface area contributed by atoms with Crippen LogP contribution in [-0.4, -0.2) is 29.8 Å². The zero-order chi connectivity index (χ0) is 15.5. The lowest BCUT2D eigenvalue weighted by atomic mass is 9.80. The third kappa shape index (κ3) is 4.46. The Morgan fingerprint density at radius 1 is 1.29 bits per heavy atom. The normalized spacial score (nSPS) is 17.0. The smallest absolute Gasteiger partial charge is 0.258 e. The minimum Gasteiger partial charge on any atom is -0.484 e. The number of hydrogen-bond donors (Lipinski definition) is 2. The van der Waals surface area contributed by atoms with Gasteiger partial charge in [-0.15, -0.1) is 0 Å². The molecule has 0 spiro atoms. The molecule has 0 atom stereocenters. The molecule has 0 aliphatic heterocycles. The molecule has 1 amide bonds. The third-order valence-electron chi connectivity index (χ3n) is 3.99. The van der Waals surface area contributed by atoms with E-state index >= 15 is 0 Å². The molecule has 116 valence electrons. The molecule has 0 aromatic heterocycles. The summed E-state index contributed by atoms with van der Waals surface area (Å²) in [6, 6.07) is 7.80. The van der Waals surface area contributed by atoms with Crippen molar-refractivity contribution in [3.05, 3.63) is 29.8 Å². The fourth-order valence-electron chi connectivity index (χ4n) is 2.28. The highest BCUT2D eigenvalue weighted by Gasteiger charge is 2.34. The topological polar surface area (TPSA) is 58.6 Å². The van der Waals surface area contributed by atoms with Crippen LogP contribution < -0.4 is 10.1 Å². The number of nitrogens with one attached hydrogen (secondary N) is 1. The zero-order valence-corrected chi connectivity index (χ0v) is 13.1. The minimum atomic E-state index is -0.690. The molecule has 0 unspecified atom stereocenters. The van der Waals surface area contributed by atoms with Crippen LogP contribution in [-0.2, 0) is 10.2 Å². The average Bonchev–Trinajstić information content (AvgIpc) is 2.40. The highest BCUT2D eigenvalue weighted by atomic mass is 16.5. The predicted molar refractivity (Wildman–Crippen MR) is 82.4 cm³/mol. The lowest BCUT2D eigenvalue weighted by molar-refractivity contribution is -0.125. The van der Waals surface area contributed by atoms with Crippen LogP contribution in [0, 0.1) is 0 Å². The summed E-state index contributed by atoms with van der Waals surface area (Å²) in [7, 11) is 0. The Bertz CT molecular complexity index is 484. The summed E-state index contributed by atoms with van der Waals surface area (Å²) in [6.07, 6.45) is 2.56. The lowest BCUT2D eigenvalue weighted by Crippen LogP contribution is -2.48. The molecule has 2 N–H and O–H groups in total. The van der Waals surface area contributed by atoms with Crippen molar-refractivity contribution < 1.29 is 14.6 Å². The molecule has 1 saturated carbocycles. The standard InChI is InChI=1S/C17H25NO3/c1-16(2,3)13-5-7-14(8-6-13)21-11-15(19)18-12-17(20)9-4-10-17/h5-8,20H,4,9-12H2,1-3H3,(H,18,19). The Morgan fingerprint density at radius 2 is 1.90 bits per heavy atom. The van der Waals surface area contributed by atoms with Crippen molar-refractivity contribution in [3.8, 4) is 5.75 Å². The van der Waals surface area contributed by atoms with E-state index in [1.807, 2.05) is 24.3 Å². The molecule has 0 radical (unpaired) electrons. The first-order valence-corrected chi connectivity index (χ1v) is 7.51. The summed E-state index contributed by atoms with van der Waals surface area (Å²) >= 11 is 0. The van der Waals surface area contributed by atoms with Crippen LogP contribution in [0.25, 0.3) is 0 Å². The Morgan fingerprint density at radius 3 is 2.38 bits per heavy atom. The number of benzene rings is 1. The van der Waals surface area contributed by atoms with Crippen molar-refractivity contribution in [2.24, 2.45) is 0 Å². The highest BCUT2D eigenvalue weighted by Crippen LogP contribution is 2.30. The van der Waals surface area contributed by atoms with Crippen molar-refractivity contribution >= 4 is 5.91 Å². The molecule has 4 nitrogen and oxygen atoms in total. The SMILES string of the molecule is CC(C)(C)c1ccc(OCC(=O)NCC2(O)CCC2)cc1. The minimum absolute atomic E-state index is 0.0229. The maximum atomic E-state index is 11.7. The lowest BCUT2D eigenvalue weighted by Gasteiger charge is -2.36. The second-order valence-electron chi connectivity index (χ2n) is 6.92. The van der Waals surface area contributed by atoms with Crippen LogP contribution in [0.3, 0.4) is 0 Å². The summed E-state index contributed by atoms with van der Waals surface area (Å²) in [5.74, 6) is 0.482. The van der Waals surface area contributed by atoms with Gasteiger partial charge in [0, 0.05) is 6.54 Å². The Labute approximate surface area is 126 Å². The van der Waals surface area contributed by atoms with Crippen molar-refractivity contribution in [1.29, 1.82) is 0 Å². The van der Waals surface area contributed by atoms with Gasteiger partial charge < -0.3 is 15.2 Å². The molecule has 0 saturated heterocycles. The van der Waals surface area contributed by atoms with Gasteiger partial charge in [0.2, 0.25) is 0 Å². The Hall–Kier alpha value is -1.55. The Kier molecular flexibility index (Phi) is 4.57. The van der Waals surface area contributed by atoms with Crippen LogP contribution in [0.4, 0.5) is 0 Å². The molecule has 4 heteroatoms. The summed E-state index contributed by atoms with van der Waals surface area (Å²) in [5, 5.41) is 12.6. The fraction of sp³-hybridized carbons (Fsp3) is 0.588. The summed E-state index contributed by atoms with van der Waals surface area (Å²) in [4.78, 5) is 11.7. The first kappa shape index (κ1) is 15.8. The number of aliphatic hydroxyl groups is 1. The van der Waals surface area contributed by atoms with E-state index in [2.05, 4.69) is 26.1 Å². The first-order valence-electron chi connectivity index (χ1n) is 7.51. The van der Waals surface area contributed by atoms with Crippen LogP contribution in [0.15, 0.2) is 24.3 Å². The number of carbonyl (C=O) groups excluding carboxylic acids is 1. The van der Waals surface area contributed by atoms with Crippen LogP contribution in [0.1, 0.15) is 45.6 Å². The van der Waals surface area contributed by atoms with E-state index in [1.165, 1.54) is 5.56 Å². The van der Waals surface area contributed by atoms with E-state index in [4.69, 9.17) is 4.74 Å². The number of amides is 1. The third-order valence-corrected chi connectivity index (χ3v) is 3.99. The molecule has 0 heterocycles. The van der Waals surface area contributed by atoms with Gasteiger partial charge in [-0.05, 0) is 42.4 Å². The number of hydrogen-bond acceptors (Lipinski definition) is 3. The van der Waals surface area contributed by atoms with E-state index in [-0.39, 0.29) is 17.9 Å². The van der Waals surface area contributed by atoms with Crippen LogP contribution >= 0.6 is 0 Å².